The Balaban J connectivity index is 2.15. The molecular formula is C23H24N2O3S. The van der Waals surface area contributed by atoms with Gasteiger partial charge in [0, 0.05) is 17.2 Å². The number of hydrogen-bond donors (Lipinski definition) is 0. The lowest BCUT2D eigenvalue weighted by atomic mass is 9.73. The van der Waals surface area contributed by atoms with Gasteiger partial charge in [-0.05, 0) is 25.0 Å². The standard InChI is InChI=1S/C23H24N2O3S/c1-16-15-19(27-3)25-22(24-16)29-20(21(26)28-4)23(2,17-11-7-5-8-12-17)18-13-9-6-10-14-18/h5-15,20H,1-4H3. The van der Waals surface area contributed by atoms with E-state index in [1.54, 1.807) is 13.2 Å². The van der Waals surface area contributed by atoms with Gasteiger partial charge in [0.05, 0.1) is 14.2 Å². The van der Waals surface area contributed by atoms with Crippen LogP contribution in [0, 0.1) is 6.92 Å². The molecule has 0 aliphatic carbocycles. The zero-order valence-corrected chi connectivity index (χ0v) is 17.8. The second kappa shape index (κ2) is 9.09. The van der Waals surface area contributed by atoms with Gasteiger partial charge in [0.2, 0.25) is 5.88 Å². The number of rotatable bonds is 7. The predicted octanol–water partition coefficient (Wildman–Crippen LogP) is 4.43. The Morgan fingerprint density at radius 3 is 2.00 bits per heavy atom. The molecule has 150 valence electrons. The fourth-order valence-electron chi connectivity index (χ4n) is 3.32. The van der Waals surface area contributed by atoms with Crippen LogP contribution in [-0.4, -0.2) is 35.4 Å². The molecule has 29 heavy (non-hydrogen) atoms. The van der Waals surface area contributed by atoms with Gasteiger partial charge in [-0.15, -0.1) is 0 Å². The van der Waals surface area contributed by atoms with Gasteiger partial charge in [0.15, 0.2) is 5.16 Å². The van der Waals surface area contributed by atoms with Crippen molar-refractivity contribution in [2.45, 2.75) is 29.7 Å². The third kappa shape index (κ3) is 4.43. The van der Waals surface area contributed by atoms with E-state index in [2.05, 4.69) is 16.9 Å². The van der Waals surface area contributed by atoms with Crippen LogP contribution in [-0.2, 0) is 14.9 Å². The van der Waals surface area contributed by atoms with Gasteiger partial charge in [0.25, 0.3) is 0 Å². The number of carbonyl (C=O) groups is 1. The van der Waals surface area contributed by atoms with Gasteiger partial charge in [0.1, 0.15) is 5.25 Å². The molecule has 0 bridgehead atoms. The highest BCUT2D eigenvalue weighted by molar-refractivity contribution is 8.00. The van der Waals surface area contributed by atoms with Crippen LogP contribution < -0.4 is 4.74 Å². The Morgan fingerprint density at radius 1 is 0.966 bits per heavy atom. The summed E-state index contributed by atoms with van der Waals surface area (Å²) in [4.78, 5) is 22.0. The molecule has 0 aliphatic heterocycles. The molecule has 3 rings (SSSR count). The Labute approximate surface area is 175 Å². The molecule has 0 saturated carbocycles. The number of esters is 1. The number of ether oxygens (including phenoxy) is 2. The van der Waals surface area contributed by atoms with Gasteiger partial charge < -0.3 is 9.47 Å². The first-order valence-corrected chi connectivity index (χ1v) is 10.1. The Kier molecular flexibility index (Phi) is 6.54. The SMILES string of the molecule is COC(=O)C(Sc1nc(C)cc(OC)n1)C(C)(c1ccccc1)c1ccccc1. The summed E-state index contributed by atoms with van der Waals surface area (Å²) >= 11 is 1.28. The molecule has 0 N–H and O–H groups in total. The number of methoxy groups -OCH3 is 2. The van der Waals surface area contributed by atoms with E-state index in [0.717, 1.165) is 16.8 Å². The zero-order valence-electron chi connectivity index (χ0n) is 17.0. The molecule has 0 amide bonds. The topological polar surface area (TPSA) is 61.3 Å². The monoisotopic (exact) mass is 408 g/mol. The fourth-order valence-corrected chi connectivity index (χ4v) is 4.57. The summed E-state index contributed by atoms with van der Waals surface area (Å²) in [6, 6.07) is 21.7. The minimum atomic E-state index is -0.666. The maximum atomic E-state index is 13.0. The van der Waals surface area contributed by atoms with Crippen LogP contribution in [0.5, 0.6) is 5.88 Å². The van der Waals surface area contributed by atoms with Gasteiger partial charge >= 0.3 is 5.97 Å². The molecule has 1 unspecified atom stereocenters. The van der Waals surface area contributed by atoms with Crippen LogP contribution in [0.15, 0.2) is 71.9 Å². The number of nitrogens with zero attached hydrogens (tertiary/aromatic N) is 2. The molecule has 1 heterocycles. The van der Waals surface area contributed by atoms with Crippen LogP contribution >= 0.6 is 11.8 Å². The number of thioether (sulfide) groups is 1. The van der Waals surface area contributed by atoms with Crippen molar-refractivity contribution in [3.63, 3.8) is 0 Å². The van der Waals surface area contributed by atoms with Crippen molar-refractivity contribution in [2.75, 3.05) is 14.2 Å². The number of aryl methyl sites for hydroxylation is 1. The molecular weight excluding hydrogens is 384 g/mol. The number of aromatic nitrogens is 2. The van der Waals surface area contributed by atoms with E-state index >= 15 is 0 Å². The van der Waals surface area contributed by atoms with Gasteiger partial charge in [-0.3, -0.25) is 4.79 Å². The van der Waals surface area contributed by atoms with Crippen LogP contribution in [0.2, 0.25) is 0 Å². The van der Waals surface area contributed by atoms with E-state index < -0.39 is 10.7 Å². The maximum absolute atomic E-state index is 13.0. The summed E-state index contributed by atoms with van der Waals surface area (Å²) in [6.45, 7) is 3.92. The maximum Gasteiger partial charge on any atom is 0.320 e. The van der Waals surface area contributed by atoms with E-state index in [1.807, 2.05) is 67.6 Å². The first kappa shape index (κ1) is 20.9. The van der Waals surface area contributed by atoms with Crippen molar-refractivity contribution in [2.24, 2.45) is 0 Å². The quantitative estimate of drug-likeness (QED) is 0.327. The molecule has 5 nitrogen and oxygen atoms in total. The van der Waals surface area contributed by atoms with Crippen LogP contribution in [0.4, 0.5) is 0 Å². The summed E-state index contributed by atoms with van der Waals surface area (Å²) < 4.78 is 10.5. The Hall–Kier alpha value is -2.86. The largest absolute Gasteiger partial charge is 0.481 e. The summed E-state index contributed by atoms with van der Waals surface area (Å²) in [7, 11) is 2.97. The molecule has 0 saturated heterocycles. The van der Waals surface area contributed by atoms with Crippen molar-refractivity contribution < 1.29 is 14.3 Å². The molecule has 0 radical (unpaired) electrons. The summed E-state index contributed by atoms with van der Waals surface area (Å²) in [5.41, 5.74) is 2.12. The normalized spacial score (nSPS) is 12.3. The van der Waals surface area contributed by atoms with Crippen molar-refractivity contribution >= 4 is 17.7 Å². The molecule has 6 heteroatoms. The van der Waals surface area contributed by atoms with E-state index in [1.165, 1.54) is 18.9 Å². The third-order valence-electron chi connectivity index (χ3n) is 4.93. The van der Waals surface area contributed by atoms with Gasteiger partial charge in [-0.1, -0.05) is 72.4 Å². The predicted molar refractivity (Wildman–Crippen MR) is 114 cm³/mol. The van der Waals surface area contributed by atoms with Crippen LogP contribution in [0.3, 0.4) is 0 Å². The third-order valence-corrected chi connectivity index (χ3v) is 6.22. The summed E-state index contributed by atoms with van der Waals surface area (Å²) in [5, 5.41) is -0.140. The fraction of sp³-hybridized carbons (Fsp3) is 0.261. The van der Waals surface area contributed by atoms with Crippen molar-refractivity contribution in [1.29, 1.82) is 0 Å². The highest BCUT2D eigenvalue weighted by Gasteiger charge is 2.44. The average Bonchev–Trinajstić information content (AvgIpc) is 2.77. The molecule has 0 fully saturated rings. The van der Waals surface area contributed by atoms with E-state index in [9.17, 15) is 4.79 Å². The highest BCUT2D eigenvalue weighted by atomic mass is 32.2. The Morgan fingerprint density at radius 2 is 1.52 bits per heavy atom. The first-order chi connectivity index (χ1) is 14.0. The highest BCUT2D eigenvalue weighted by Crippen LogP contribution is 2.43. The molecule has 3 aromatic rings. The smallest absolute Gasteiger partial charge is 0.320 e. The van der Waals surface area contributed by atoms with Crippen molar-refractivity contribution in [3.8, 4) is 5.88 Å². The summed E-state index contributed by atoms with van der Waals surface area (Å²) in [5.74, 6) is 0.124. The first-order valence-electron chi connectivity index (χ1n) is 9.24. The lowest BCUT2D eigenvalue weighted by Gasteiger charge is -2.36. The summed E-state index contributed by atoms with van der Waals surface area (Å²) in [6.07, 6.45) is 0. The van der Waals surface area contributed by atoms with Crippen molar-refractivity contribution in [1.82, 2.24) is 9.97 Å². The number of benzene rings is 2. The van der Waals surface area contributed by atoms with Gasteiger partial charge in [-0.2, -0.15) is 4.98 Å². The lowest BCUT2D eigenvalue weighted by Crippen LogP contribution is -2.42. The average molecular weight is 409 g/mol. The van der Waals surface area contributed by atoms with E-state index in [4.69, 9.17) is 9.47 Å². The minimum Gasteiger partial charge on any atom is -0.481 e. The zero-order chi connectivity index (χ0) is 20.9. The number of carbonyl (C=O) groups excluding carboxylic acids is 1. The second-order valence-corrected chi connectivity index (χ2v) is 7.86. The number of hydrogen-bond acceptors (Lipinski definition) is 6. The lowest BCUT2D eigenvalue weighted by molar-refractivity contribution is -0.140. The molecule has 0 spiro atoms. The molecule has 1 aromatic heterocycles. The van der Waals surface area contributed by atoms with E-state index in [0.29, 0.717) is 11.0 Å². The van der Waals surface area contributed by atoms with E-state index in [-0.39, 0.29) is 5.97 Å². The minimum absolute atomic E-state index is 0.339. The Bertz CT molecular complexity index is 925. The van der Waals surface area contributed by atoms with Crippen LogP contribution in [0.25, 0.3) is 0 Å². The van der Waals surface area contributed by atoms with Crippen molar-refractivity contribution in [3.05, 3.63) is 83.6 Å². The molecule has 1 atom stereocenters. The van der Waals surface area contributed by atoms with Crippen LogP contribution in [0.1, 0.15) is 23.7 Å². The second-order valence-electron chi connectivity index (χ2n) is 6.79. The van der Waals surface area contributed by atoms with Gasteiger partial charge in [-0.25, -0.2) is 4.98 Å². The molecule has 0 aliphatic rings. The molecule has 2 aromatic carbocycles.